The Labute approximate surface area is 209 Å². The summed E-state index contributed by atoms with van der Waals surface area (Å²) in [7, 11) is 0. The van der Waals surface area contributed by atoms with E-state index in [1.165, 1.54) is 0 Å². The molecule has 0 bridgehead atoms. The molecule has 2 aromatic carbocycles. The van der Waals surface area contributed by atoms with E-state index in [0.29, 0.717) is 34.8 Å². The second-order valence-electron chi connectivity index (χ2n) is 9.32. The number of anilines is 1. The molecule has 4 aromatic rings. The summed E-state index contributed by atoms with van der Waals surface area (Å²) in [6.07, 6.45) is 3.28. The molecular weight excluding hydrogens is 456 g/mol. The summed E-state index contributed by atoms with van der Waals surface area (Å²) < 4.78 is 13.2. The highest BCUT2D eigenvalue weighted by atomic mass is 16.5. The van der Waals surface area contributed by atoms with Crippen LogP contribution in [0.1, 0.15) is 56.4 Å². The fourth-order valence-corrected chi connectivity index (χ4v) is 4.49. The molecule has 2 heterocycles. The number of fused-ring (bicyclic) bond motifs is 1. The molecule has 0 radical (unpaired) electrons. The second kappa shape index (κ2) is 9.74. The van der Waals surface area contributed by atoms with Gasteiger partial charge >= 0.3 is 6.03 Å². The molecule has 0 atom stereocenters. The summed E-state index contributed by atoms with van der Waals surface area (Å²) in [5.41, 5.74) is 4.10. The second-order valence-corrected chi connectivity index (χ2v) is 9.32. The SMILES string of the molecule is Cc1nc(COc2ccc3c(C#N)c(-c4ccc(NC(=O)NC(C)C)cc4)n(C4CCC4)c3c2)no1. The van der Waals surface area contributed by atoms with Crippen LogP contribution in [0.2, 0.25) is 0 Å². The molecule has 9 nitrogen and oxygen atoms in total. The van der Waals surface area contributed by atoms with Crippen molar-refractivity contribution < 1.29 is 14.1 Å². The predicted molar refractivity (Wildman–Crippen MR) is 136 cm³/mol. The third-order valence-corrected chi connectivity index (χ3v) is 6.30. The molecule has 184 valence electrons. The Morgan fingerprint density at radius 3 is 2.64 bits per heavy atom. The number of hydrogen-bond donors (Lipinski definition) is 2. The van der Waals surface area contributed by atoms with Crippen molar-refractivity contribution in [1.29, 1.82) is 5.26 Å². The minimum absolute atomic E-state index is 0.0471. The van der Waals surface area contributed by atoms with Crippen LogP contribution in [-0.2, 0) is 6.61 Å². The third kappa shape index (κ3) is 4.62. The van der Waals surface area contributed by atoms with E-state index in [4.69, 9.17) is 9.26 Å². The zero-order valence-corrected chi connectivity index (χ0v) is 20.5. The fraction of sp³-hybridized carbons (Fsp3) is 0.333. The Morgan fingerprint density at radius 2 is 2.03 bits per heavy atom. The zero-order chi connectivity index (χ0) is 25.2. The Hall–Kier alpha value is -4.32. The van der Waals surface area contributed by atoms with Gasteiger partial charge in [-0.05, 0) is 62.9 Å². The lowest BCUT2D eigenvalue weighted by Crippen LogP contribution is -2.34. The monoisotopic (exact) mass is 484 g/mol. The quantitative estimate of drug-likeness (QED) is 0.347. The minimum Gasteiger partial charge on any atom is -0.485 e. The molecule has 1 fully saturated rings. The molecule has 0 unspecified atom stereocenters. The standard InChI is InChI=1S/C27H28N6O3/c1-16(2)29-27(34)31-19-9-7-18(8-10-19)26-23(14-28)22-12-11-21(35-15-25-30-17(3)36-32-25)13-24(22)33(26)20-5-4-6-20/h7-13,16,20H,4-6,15H2,1-3H3,(H2,29,31,34). The van der Waals surface area contributed by atoms with Crippen molar-refractivity contribution in [2.24, 2.45) is 0 Å². The molecule has 1 aliphatic rings. The van der Waals surface area contributed by atoms with E-state index < -0.39 is 0 Å². The summed E-state index contributed by atoms with van der Waals surface area (Å²) in [4.78, 5) is 16.3. The molecule has 9 heteroatoms. The van der Waals surface area contributed by atoms with Crippen LogP contribution in [0.3, 0.4) is 0 Å². The Morgan fingerprint density at radius 1 is 1.25 bits per heavy atom. The van der Waals surface area contributed by atoms with Gasteiger partial charge in [0.2, 0.25) is 11.7 Å². The normalized spacial score (nSPS) is 13.4. The van der Waals surface area contributed by atoms with Crippen LogP contribution >= 0.6 is 0 Å². The van der Waals surface area contributed by atoms with Crippen molar-refractivity contribution in [3.05, 3.63) is 59.7 Å². The number of nitrogens with one attached hydrogen (secondary N) is 2. The summed E-state index contributed by atoms with van der Waals surface area (Å²) in [6.45, 7) is 5.76. The number of hydrogen-bond acceptors (Lipinski definition) is 6. The number of ether oxygens (including phenoxy) is 1. The molecule has 1 aliphatic carbocycles. The van der Waals surface area contributed by atoms with Gasteiger partial charge in [-0.1, -0.05) is 17.3 Å². The molecular formula is C27H28N6O3. The lowest BCUT2D eigenvalue weighted by atomic mass is 9.92. The fourth-order valence-electron chi connectivity index (χ4n) is 4.49. The van der Waals surface area contributed by atoms with Crippen molar-refractivity contribution in [2.45, 2.75) is 58.7 Å². The van der Waals surface area contributed by atoms with Crippen LogP contribution in [0.25, 0.3) is 22.2 Å². The number of nitrogens with zero attached hydrogens (tertiary/aromatic N) is 4. The number of aromatic nitrogens is 3. The van der Waals surface area contributed by atoms with Crippen molar-refractivity contribution in [3.8, 4) is 23.1 Å². The molecule has 0 spiro atoms. The van der Waals surface area contributed by atoms with E-state index in [1.54, 1.807) is 6.92 Å². The molecule has 36 heavy (non-hydrogen) atoms. The third-order valence-electron chi connectivity index (χ3n) is 6.30. The molecule has 1 saturated carbocycles. The number of amides is 2. The lowest BCUT2D eigenvalue weighted by Gasteiger charge is -2.30. The van der Waals surface area contributed by atoms with Gasteiger partial charge in [0, 0.05) is 36.1 Å². The molecule has 0 saturated heterocycles. The average molecular weight is 485 g/mol. The molecule has 2 aromatic heterocycles. The van der Waals surface area contributed by atoms with E-state index in [9.17, 15) is 10.1 Å². The predicted octanol–water partition coefficient (Wildman–Crippen LogP) is 5.71. The van der Waals surface area contributed by atoms with Gasteiger partial charge in [-0.15, -0.1) is 0 Å². The van der Waals surface area contributed by atoms with Crippen molar-refractivity contribution in [1.82, 2.24) is 20.0 Å². The molecule has 2 amide bonds. The van der Waals surface area contributed by atoms with Crippen LogP contribution in [0.15, 0.2) is 47.0 Å². The Kier molecular flexibility index (Phi) is 6.34. The van der Waals surface area contributed by atoms with Gasteiger partial charge in [-0.2, -0.15) is 10.2 Å². The topological polar surface area (TPSA) is 118 Å². The van der Waals surface area contributed by atoms with Crippen LogP contribution in [0, 0.1) is 18.3 Å². The smallest absolute Gasteiger partial charge is 0.319 e. The largest absolute Gasteiger partial charge is 0.485 e. The van der Waals surface area contributed by atoms with E-state index in [-0.39, 0.29) is 18.7 Å². The number of carbonyl (C=O) groups excluding carboxylic acids is 1. The van der Waals surface area contributed by atoms with E-state index >= 15 is 0 Å². The maximum absolute atomic E-state index is 12.1. The van der Waals surface area contributed by atoms with E-state index in [1.807, 2.05) is 56.3 Å². The maximum atomic E-state index is 12.1. The summed E-state index contributed by atoms with van der Waals surface area (Å²) >= 11 is 0. The highest BCUT2D eigenvalue weighted by molar-refractivity contribution is 5.96. The molecule has 5 rings (SSSR count). The Balaban J connectivity index is 1.50. The number of rotatable bonds is 7. The van der Waals surface area contributed by atoms with Gasteiger partial charge in [0.1, 0.15) is 11.8 Å². The van der Waals surface area contributed by atoms with Gasteiger partial charge in [0.25, 0.3) is 0 Å². The Bertz CT molecular complexity index is 1440. The number of benzene rings is 2. The van der Waals surface area contributed by atoms with Crippen LogP contribution in [0.5, 0.6) is 5.75 Å². The van der Waals surface area contributed by atoms with Crippen molar-refractivity contribution >= 4 is 22.6 Å². The van der Waals surface area contributed by atoms with Gasteiger partial charge < -0.3 is 24.5 Å². The van der Waals surface area contributed by atoms with Crippen LogP contribution in [-0.4, -0.2) is 26.8 Å². The minimum atomic E-state index is -0.248. The molecule has 0 aliphatic heterocycles. The zero-order valence-electron chi connectivity index (χ0n) is 20.5. The van der Waals surface area contributed by atoms with Gasteiger partial charge in [-0.3, -0.25) is 0 Å². The van der Waals surface area contributed by atoms with E-state index in [2.05, 4.69) is 31.4 Å². The number of aryl methyl sites for hydroxylation is 1. The first-order chi connectivity index (χ1) is 17.4. The van der Waals surface area contributed by atoms with Crippen LogP contribution < -0.4 is 15.4 Å². The van der Waals surface area contributed by atoms with E-state index in [0.717, 1.165) is 41.4 Å². The first-order valence-electron chi connectivity index (χ1n) is 12.1. The highest BCUT2D eigenvalue weighted by Crippen LogP contribution is 2.43. The summed E-state index contributed by atoms with van der Waals surface area (Å²) in [6, 6.07) is 16.0. The number of urea groups is 1. The van der Waals surface area contributed by atoms with Crippen LogP contribution in [0.4, 0.5) is 10.5 Å². The summed E-state index contributed by atoms with van der Waals surface area (Å²) in [5, 5.41) is 20.6. The molecule has 2 N–H and O–H groups in total. The van der Waals surface area contributed by atoms with Crippen molar-refractivity contribution in [3.63, 3.8) is 0 Å². The number of nitriles is 1. The van der Waals surface area contributed by atoms with Crippen molar-refractivity contribution in [2.75, 3.05) is 5.32 Å². The maximum Gasteiger partial charge on any atom is 0.319 e. The summed E-state index contributed by atoms with van der Waals surface area (Å²) in [5.74, 6) is 1.65. The number of carbonyl (C=O) groups is 1. The van der Waals surface area contributed by atoms with Gasteiger partial charge in [-0.25, -0.2) is 4.79 Å². The van der Waals surface area contributed by atoms with Gasteiger partial charge in [0.15, 0.2) is 6.61 Å². The van der Waals surface area contributed by atoms with Gasteiger partial charge in [0.05, 0.1) is 16.8 Å². The first kappa shape index (κ1) is 23.4. The first-order valence-corrected chi connectivity index (χ1v) is 12.1. The average Bonchev–Trinajstić information content (AvgIpc) is 3.37. The highest BCUT2D eigenvalue weighted by Gasteiger charge is 2.28. The lowest BCUT2D eigenvalue weighted by molar-refractivity contribution is 0.250.